The van der Waals surface area contributed by atoms with E-state index in [0.29, 0.717) is 0 Å². The van der Waals surface area contributed by atoms with Crippen molar-refractivity contribution in [2.75, 3.05) is 0 Å². The summed E-state index contributed by atoms with van der Waals surface area (Å²) in [4.78, 5) is 0. The van der Waals surface area contributed by atoms with Crippen LogP contribution in [-0.4, -0.2) is 14.9 Å². The van der Waals surface area contributed by atoms with Gasteiger partial charge in [0.1, 0.15) is 0 Å². The highest BCUT2D eigenvalue weighted by molar-refractivity contribution is 6.89. The van der Waals surface area contributed by atoms with E-state index in [4.69, 9.17) is 0 Å². The van der Waals surface area contributed by atoms with E-state index in [0.717, 1.165) is 5.92 Å². The number of hydrogen-bond acceptors (Lipinski definition) is 0. The van der Waals surface area contributed by atoms with Crippen molar-refractivity contribution in [3.05, 3.63) is 0 Å². The molecule has 0 spiro atoms. The van der Waals surface area contributed by atoms with Crippen LogP contribution in [0.15, 0.2) is 0 Å². The predicted octanol–water partition coefficient (Wildman–Crippen LogP) is 0.435. The third-order valence-corrected chi connectivity index (χ3v) is 1.48. The predicted molar refractivity (Wildman–Crippen MR) is 40.0 cm³/mol. The Morgan fingerprint density at radius 2 is 2.29 bits per heavy atom. The van der Waals surface area contributed by atoms with Gasteiger partial charge in [0.15, 0.2) is 0 Å². The largest absolute Gasteiger partial charge is 0.0825 e. The smallest absolute Gasteiger partial charge is 0.0825 e. The maximum Gasteiger partial charge on any atom is 0.0825 e. The summed E-state index contributed by atoms with van der Waals surface area (Å²) in [5, 5.41) is 0. The molecule has 0 fully saturated rings. The van der Waals surface area contributed by atoms with Crippen LogP contribution in [0.2, 0.25) is 6.32 Å². The van der Waals surface area contributed by atoms with Gasteiger partial charge in [0.05, 0.1) is 14.9 Å². The molecule has 0 unspecified atom stereocenters. The van der Waals surface area contributed by atoms with Crippen molar-refractivity contribution in [1.29, 1.82) is 0 Å². The van der Waals surface area contributed by atoms with Gasteiger partial charge in [-0.15, -0.1) is 0 Å². The molecule has 0 amide bonds. The van der Waals surface area contributed by atoms with Crippen LogP contribution in [-0.2, 0) is 0 Å². The Kier molecular flexibility index (Phi) is 4.37. The van der Waals surface area contributed by atoms with Crippen LogP contribution in [0, 0.1) is 5.92 Å². The van der Waals surface area contributed by atoms with Crippen LogP contribution in [0.25, 0.3) is 0 Å². The fourth-order valence-electron chi connectivity index (χ4n) is 0.697. The monoisotopic (exact) mass is 96.1 g/mol. The first-order valence-electron chi connectivity index (χ1n) is 3.31. The molecule has 0 aliphatic heterocycles. The van der Waals surface area contributed by atoms with E-state index < -0.39 is 0 Å². The zero-order chi connectivity index (χ0) is 5.70. The summed E-state index contributed by atoms with van der Waals surface area (Å²) in [6, 6.07) is 0. The van der Waals surface area contributed by atoms with Gasteiger partial charge in [-0.2, -0.15) is 0 Å². The molecule has 0 aromatic heterocycles. The van der Waals surface area contributed by atoms with Gasteiger partial charge in [-0.05, 0) is 0 Å². The molecule has 0 bridgehead atoms. The lowest BCUT2D eigenvalue weighted by Crippen LogP contribution is -1.97. The van der Waals surface area contributed by atoms with Crippen LogP contribution in [0.3, 0.4) is 0 Å². The summed E-state index contributed by atoms with van der Waals surface area (Å²) in [7, 11) is 3.58. The van der Waals surface area contributed by atoms with Crippen molar-refractivity contribution < 1.29 is 0 Å². The lowest BCUT2D eigenvalue weighted by atomic mass is 9.51. The topological polar surface area (TPSA) is 0 Å². The van der Waals surface area contributed by atoms with E-state index in [9.17, 15) is 0 Å². The molecular formula is C5H14B2. The van der Waals surface area contributed by atoms with E-state index in [2.05, 4.69) is 21.6 Å². The molecule has 1 atom stereocenters. The SMILES string of the molecule is BBC[C@H](C)CC. The third-order valence-electron chi connectivity index (χ3n) is 1.48. The molecule has 0 nitrogen and oxygen atoms in total. The van der Waals surface area contributed by atoms with Crippen LogP contribution in [0.5, 0.6) is 0 Å². The summed E-state index contributed by atoms with van der Waals surface area (Å²) in [6.07, 6.45) is 2.74. The maximum atomic E-state index is 2.31. The molecule has 0 aromatic rings. The van der Waals surface area contributed by atoms with Crippen LogP contribution >= 0.6 is 0 Å². The van der Waals surface area contributed by atoms with Crippen LogP contribution in [0.4, 0.5) is 0 Å². The Balaban J connectivity index is 2.83. The average molecular weight is 95.8 g/mol. The zero-order valence-electron chi connectivity index (χ0n) is 5.70. The summed E-state index contributed by atoms with van der Waals surface area (Å²) in [6.45, 7) is 4.56. The van der Waals surface area contributed by atoms with Gasteiger partial charge < -0.3 is 0 Å². The van der Waals surface area contributed by atoms with E-state index >= 15 is 0 Å². The molecule has 0 saturated heterocycles. The standard InChI is InChI=1S/C5H14B2/c1-3-5(2)4-7-6/h5,7H,3-4,6H2,1-2H3/t5-/m1/s1. The van der Waals surface area contributed by atoms with Crippen molar-refractivity contribution in [2.45, 2.75) is 26.6 Å². The average Bonchev–Trinajstić information content (AvgIpc) is 1.68. The Labute approximate surface area is 48.3 Å². The molecule has 0 N–H and O–H groups in total. The second kappa shape index (κ2) is 4.29. The summed E-state index contributed by atoms with van der Waals surface area (Å²) >= 11 is 0. The second-order valence-corrected chi connectivity index (χ2v) is 2.30. The van der Waals surface area contributed by atoms with Crippen molar-refractivity contribution in [3.63, 3.8) is 0 Å². The molecule has 0 rings (SSSR count). The van der Waals surface area contributed by atoms with Gasteiger partial charge in [-0.3, -0.25) is 0 Å². The molecule has 0 aromatic carbocycles. The van der Waals surface area contributed by atoms with Crippen molar-refractivity contribution in [3.8, 4) is 0 Å². The van der Waals surface area contributed by atoms with Crippen molar-refractivity contribution in [2.24, 2.45) is 5.92 Å². The molecule has 7 heavy (non-hydrogen) atoms. The van der Waals surface area contributed by atoms with Gasteiger partial charge >= 0.3 is 0 Å². The Morgan fingerprint density at radius 1 is 1.71 bits per heavy atom. The molecular weight excluding hydrogens is 81.7 g/mol. The van der Waals surface area contributed by atoms with Gasteiger partial charge in [-0.25, -0.2) is 0 Å². The Bertz CT molecular complexity index is 37.1. The zero-order valence-corrected chi connectivity index (χ0v) is 5.70. The first-order chi connectivity index (χ1) is 3.31. The first kappa shape index (κ1) is 7.13. The quantitative estimate of drug-likeness (QED) is 0.447. The van der Waals surface area contributed by atoms with E-state index in [1.54, 1.807) is 0 Å². The molecule has 40 valence electrons. The van der Waals surface area contributed by atoms with E-state index in [1.165, 1.54) is 19.9 Å². The van der Waals surface area contributed by atoms with Crippen molar-refractivity contribution in [1.82, 2.24) is 0 Å². The first-order valence-corrected chi connectivity index (χ1v) is 3.31. The van der Waals surface area contributed by atoms with Gasteiger partial charge in [0.2, 0.25) is 0 Å². The van der Waals surface area contributed by atoms with Gasteiger partial charge in [0.25, 0.3) is 0 Å². The van der Waals surface area contributed by atoms with Crippen LogP contribution in [0.1, 0.15) is 20.3 Å². The minimum absolute atomic E-state index is 0.949. The summed E-state index contributed by atoms with van der Waals surface area (Å²) in [5.41, 5.74) is 0. The third kappa shape index (κ3) is 3.97. The molecule has 0 saturated carbocycles. The molecule has 0 aliphatic rings. The normalized spacial score (nSPS) is 13.4. The Morgan fingerprint density at radius 3 is 2.43 bits per heavy atom. The lowest BCUT2D eigenvalue weighted by molar-refractivity contribution is 0.624. The highest BCUT2D eigenvalue weighted by Crippen LogP contribution is 2.03. The van der Waals surface area contributed by atoms with Gasteiger partial charge in [0, 0.05) is 0 Å². The minimum Gasteiger partial charge on any atom is -0.0825 e. The molecule has 0 heterocycles. The second-order valence-electron chi connectivity index (χ2n) is 2.30. The highest BCUT2D eigenvalue weighted by Gasteiger charge is 1.93. The molecule has 0 aliphatic carbocycles. The number of rotatable bonds is 3. The Hall–Kier alpha value is 0.130. The summed E-state index contributed by atoms with van der Waals surface area (Å²) < 4.78 is 0. The lowest BCUT2D eigenvalue weighted by Gasteiger charge is -2.01. The highest BCUT2D eigenvalue weighted by atomic mass is 13.9. The maximum absolute atomic E-state index is 2.31. The fraction of sp³-hybridized carbons (Fsp3) is 1.00. The molecule has 2 heteroatoms. The van der Waals surface area contributed by atoms with E-state index in [1.807, 2.05) is 0 Å². The number of hydrogen-bond donors (Lipinski definition) is 0. The van der Waals surface area contributed by atoms with Crippen LogP contribution < -0.4 is 0 Å². The van der Waals surface area contributed by atoms with Gasteiger partial charge in [-0.1, -0.05) is 32.5 Å². The molecule has 0 radical (unpaired) electrons. The van der Waals surface area contributed by atoms with E-state index in [-0.39, 0.29) is 0 Å². The summed E-state index contributed by atoms with van der Waals surface area (Å²) in [5.74, 6) is 0.949. The van der Waals surface area contributed by atoms with Crippen molar-refractivity contribution >= 4 is 14.9 Å². The fourth-order valence-corrected chi connectivity index (χ4v) is 0.697. The minimum atomic E-state index is 0.949.